The van der Waals surface area contributed by atoms with E-state index in [-0.39, 0.29) is 19.1 Å². The molecule has 2 N–H and O–H groups in total. The van der Waals surface area contributed by atoms with Gasteiger partial charge in [-0.05, 0) is 24.3 Å². The van der Waals surface area contributed by atoms with Gasteiger partial charge in [-0.2, -0.15) is 0 Å². The summed E-state index contributed by atoms with van der Waals surface area (Å²) in [5.74, 6) is 0.520. The summed E-state index contributed by atoms with van der Waals surface area (Å²) in [6.45, 7) is 0.838. The number of ether oxygens (including phenoxy) is 3. The van der Waals surface area contributed by atoms with Crippen LogP contribution in [0.15, 0.2) is 36.4 Å². The number of nitrogens with two attached hydrogens (primary N) is 1. The van der Waals surface area contributed by atoms with Gasteiger partial charge in [0, 0.05) is 16.8 Å². The van der Waals surface area contributed by atoms with Gasteiger partial charge in [0.2, 0.25) is 0 Å². The minimum absolute atomic E-state index is 0.189. The standard InChI is InChI=1S/C15H14FNO3/c16-13-3-1-2-4-14(13)19-8-11-6-12(17)5-10-7-18-9-20-15(10)11/h1-6H,7-9,17H2. The molecule has 104 valence electrons. The quantitative estimate of drug-likeness (QED) is 0.875. The van der Waals surface area contributed by atoms with E-state index in [0.29, 0.717) is 18.0 Å². The molecule has 0 aliphatic carbocycles. The lowest BCUT2D eigenvalue weighted by atomic mass is 10.1. The molecule has 5 heteroatoms. The van der Waals surface area contributed by atoms with Gasteiger partial charge in [0.05, 0.1) is 6.61 Å². The van der Waals surface area contributed by atoms with Crippen LogP contribution in [0.3, 0.4) is 0 Å². The van der Waals surface area contributed by atoms with Crippen LogP contribution in [-0.4, -0.2) is 6.79 Å². The lowest BCUT2D eigenvalue weighted by Crippen LogP contribution is -2.14. The SMILES string of the molecule is Nc1cc2c(c(COc3ccccc3F)c1)OCOC2. The average molecular weight is 275 g/mol. The molecule has 0 unspecified atom stereocenters. The van der Waals surface area contributed by atoms with E-state index in [0.717, 1.165) is 11.1 Å². The zero-order valence-electron chi connectivity index (χ0n) is 10.8. The van der Waals surface area contributed by atoms with Crippen LogP contribution in [0.4, 0.5) is 10.1 Å². The second kappa shape index (κ2) is 5.38. The van der Waals surface area contributed by atoms with E-state index >= 15 is 0 Å². The first kappa shape index (κ1) is 12.7. The zero-order valence-corrected chi connectivity index (χ0v) is 10.8. The highest BCUT2D eigenvalue weighted by atomic mass is 19.1. The first-order valence-corrected chi connectivity index (χ1v) is 6.23. The molecule has 20 heavy (non-hydrogen) atoms. The molecular formula is C15H14FNO3. The predicted octanol–water partition coefficient (Wildman–Crippen LogP) is 2.85. The molecule has 2 aromatic carbocycles. The number of rotatable bonds is 3. The maximum atomic E-state index is 13.5. The highest BCUT2D eigenvalue weighted by molar-refractivity contribution is 5.53. The Kier molecular flexibility index (Phi) is 3.43. The van der Waals surface area contributed by atoms with Gasteiger partial charge in [-0.3, -0.25) is 0 Å². The Morgan fingerprint density at radius 2 is 2.10 bits per heavy atom. The second-order valence-corrected chi connectivity index (χ2v) is 4.50. The molecule has 0 radical (unpaired) electrons. The number of para-hydroxylation sites is 1. The minimum Gasteiger partial charge on any atom is -0.486 e. The van der Waals surface area contributed by atoms with Gasteiger partial charge in [0.1, 0.15) is 12.4 Å². The Bertz CT molecular complexity index is 631. The second-order valence-electron chi connectivity index (χ2n) is 4.50. The van der Waals surface area contributed by atoms with Crippen LogP contribution in [0.25, 0.3) is 0 Å². The maximum absolute atomic E-state index is 13.5. The van der Waals surface area contributed by atoms with Gasteiger partial charge in [-0.25, -0.2) is 4.39 Å². The van der Waals surface area contributed by atoms with Gasteiger partial charge in [0.15, 0.2) is 18.4 Å². The smallest absolute Gasteiger partial charge is 0.189 e. The third kappa shape index (κ3) is 2.53. The third-order valence-corrected chi connectivity index (χ3v) is 3.03. The summed E-state index contributed by atoms with van der Waals surface area (Å²) in [5.41, 5.74) is 8.10. The topological polar surface area (TPSA) is 53.7 Å². The van der Waals surface area contributed by atoms with E-state index in [1.807, 2.05) is 0 Å². The van der Waals surface area contributed by atoms with Gasteiger partial charge in [-0.1, -0.05) is 12.1 Å². The lowest BCUT2D eigenvalue weighted by molar-refractivity contribution is -0.0175. The third-order valence-electron chi connectivity index (χ3n) is 3.03. The van der Waals surface area contributed by atoms with E-state index in [1.54, 1.807) is 30.3 Å². The number of hydrogen-bond acceptors (Lipinski definition) is 4. The molecule has 0 bridgehead atoms. The van der Waals surface area contributed by atoms with Crippen molar-refractivity contribution < 1.29 is 18.6 Å². The Balaban J connectivity index is 1.84. The Morgan fingerprint density at radius 3 is 2.95 bits per heavy atom. The van der Waals surface area contributed by atoms with E-state index in [2.05, 4.69) is 0 Å². The summed E-state index contributed by atoms with van der Waals surface area (Å²) in [4.78, 5) is 0. The van der Waals surface area contributed by atoms with Crippen molar-refractivity contribution in [3.8, 4) is 11.5 Å². The average Bonchev–Trinajstić information content (AvgIpc) is 2.46. The molecule has 2 aromatic rings. The molecule has 3 rings (SSSR count). The Hall–Kier alpha value is -2.27. The summed E-state index contributed by atoms with van der Waals surface area (Å²) >= 11 is 0. The molecule has 1 heterocycles. The van der Waals surface area contributed by atoms with E-state index in [4.69, 9.17) is 19.9 Å². The summed E-state index contributed by atoms with van der Waals surface area (Å²) < 4.78 is 29.7. The highest BCUT2D eigenvalue weighted by Crippen LogP contribution is 2.31. The van der Waals surface area contributed by atoms with Crippen LogP contribution < -0.4 is 15.2 Å². The fourth-order valence-electron chi connectivity index (χ4n) is 2.15. The minimum atomic E-state index is -0.394. The molecule has 0 atom stereocenters. The number of hydrogen-bond donors (Lipinski definition) is 1. The molecule has 1 aliphatic heterocycles. The molecule has 4 nitrogen and oxygen atoms in total. The van der Waals surface area contributed by atoms with Crippen molar-refractivity contribution in [1.29, 1.82) is 0 Å². The molecule has 0 fully saturated rings. The monoisotopic (exact) mass is 275 g/mol. The van der Waals surface area contributed by atoms with Crippen LogP contribution in [0.5, 0.6) is 11.5 Å². The predicted molar refractivity (Wildman–Crippen MR) is 71.9 cm³/mol. The van der Waals surface area contributed by atoms with Crippen LogP contribution in [0, 0.1) is 5.82 Å². The summed E-state index contributed by atoms with van der Waals surface area (Å²) in [6.07, 6.45) is 0. The van der Waals surface area contributed by atoms with E-state index in [1.165, 1.54) is 6.07 Å². The van der Waals surface area contributed by atoms with Crippen molar-refractivity contribution in [3.63, 3.8) is 0 Å². The van der Waals surface area contributed by atoms with Crippen LogP contribution in [0.2, 0.25) is 0 Å². The van der Waals surface area contributed by atoms with Crippen molar-refractivity contribution in [3.05, 3.63) is 53.3 Å². The molecule has 0 saturated carbocycles. The van der Waals surface area contributed by atoms with Gasteiger partial charge in [0.25, 0.3) is 0 Å². The van der Waals surface area contributed by atoms with Gasteiger partial charge < -0.3 is 19.9 Å². The van der Waals surface area contributed by atoms with E-state index < -0.39 is 5.82 Å². The first-order chi connectivity index (χ1) is 9.74. The van der Waals surface area contributed by atoms with Crippen LogP contribution in [-0.2, 0) is 18.0 Å². The Labute approximate surface area is 115 Å². The maximum Gasteiger partial charge on any atom is 0.189 e. The summed E-state index contributed by atoms with van der Waals surface area (Å²) in [5, 5.41) is 0. The number of anilines is 1. The van der Waals surface area contributed by atoms with Crippen LogP contribution in [0.1, 0.15) is 11.1 Å². The normalized spacial score (nSPS) is 13.4. The van der Waals surface area contributed by atoms with Crippen molar-refractivity contribution in [2.75, 3.05) is 12.5 Å². The largest absolute Gasteiger partial charge is 0.486 e. The Morgan fingerprint density at radius 1 is 1.25 bits per heavy atom. The number of nitrogen functional groups attached to an aromatic ring is 1. The van der Waals surface area contributed by atoms with Crippen LogP contribution >= 0.6 is 0 Å². The lowest BCUT2D eigenvalue weighted by Gasteiger charge is -2.21. The van der Waals surface area contributed by atoms with Crippen molar-refractivity contribution >= 4 is 5.69 Å². The van der Waals surface area contributed by atoms with Gasteiger partial charge in [-0.15, -0.1) is 0 Å². The molecular weight excluding hydrogens is 261 g/mol. The zero-order chi connectivity index (χ0) is 13.9. The van der Waals surface area contributed by atoms with Crippen molar-refractivity contribution in [2.45, 2.75) is 13.2 Å². The molecule has 0 aromatic heterocycles. The highest BCUT2D eigenvalue weighted by Gasteiger charge is 2.16. The molecule has 0 saturated heterocycles. The molecule has 0 amide bonds. The number of fused-ring (bicyclic) bond motifs is 1. The molecule has 1 aliphatic rings. The van der Waals surface area contributed by atoms with Crippen molar-refractivity contribution in [2.24, 2.45) is 0 Å². The van der Waals surface area contributed by atoms with Gasteiger partial charge >= 0.3 is 0 Å². The molecule has 0 spiro atoms. The first-order valence-electron chi connectivity index (χ1n) is 6.23. The fraction of sp³-hybridized carbons (Fsp3) is 0.200. The summed E-state index contributed by atoms with van der Waals surface area (Å²) in [7, 11) is 0. The summed E-state index contributed by atoms with van der Waals surface area (Å²) in [6, 6.07) is 9.85. The van der Waals surface area contributed by atoms with Crippen molar-refractivity contribution in [1.82, 2.24) is 0 Å². The van der Waals surface area contributed by atoms with E-state index in [9.17, 15) is 4.39 Å². The fourth-order valence-corrected chi connectivity index (χ4v) is 2.15. The number of halogens is 1. The number of benzene rings is 2.